The van der Waals surface area contributed by atoms with E-state index in [0.717, 1.165) is 15.9 Å². The zero-order chi connectivity index (χ0) is 18.7. The maximum Gasteiger partial charge on any atom is 0.303 e. The summed E-state index contributed by atoms with van der Waals surface area (Å²) in [7, 11) is 1.86. The molecule has 0 atom stereocenters. The van der Waals surface area contributed by atoms with Gasteiger partial charge >= 0.3 is 5.97 Å². The molecule has 3 rings (SSSR count). The van der Waals surface area contributed by atoms with Gasteiger partial charge in [-0.2, -0.15) is 5.10 Å². The van der Waals surface area contributed by atoms with Crippen molar-refractivity contribution in [3.63, 3.8) is 0 Å². The van der Waals surface area contributed by atoms with Crippen LogP contribution < -0.4 is 10.1 Å². The Morgan fingerprint density at radius 3 is 2.69 bits per heavy atom. The number of hydrogen-bond donors (Lipinski definition) is 2. The van der Waals surface area contributed by atoms with Gasteiger partial charge in [0, 0.05) is 24.5 Å². The topological polar surface area (TPSA) is 93.5 Å². The lowest BCUT2D eigenvalue weighted by atomic mass is 10.2. The third-order valence-electron chi connectivity index (χ3n) is 3.84. The molecule has 7 nitrogen and oxygen atoms in total. The number of ether oxygens (including phenoxy) is 1. The number of amides is 1. The van der Waals surface area contributed by atoms with Crippen molar-refractivity contribution >= 4 is 39.1 Å². The zero-order valence-corrected chi connectivity index (χ0v) is 15.3. The lowest BCUT2D eigenvalue weighted by Crippen LogP contribution is -2.10. The second-order valence-corrected chi connectivity index (χ2v) is 6.89. The number of carboxylic acids is 1. The number of thiophene rings is 1. The first-order chi connectivity index (χ1) is 12.4. The number of aliphatic carboxylic acids is 1. The summed E-state index contributed by atoms with van der Waals surface area (Å²) in [6.07, 6.45) is 0.534. The second kappa shape index (κ2) is 7.57. The number of carbonyl (C=O) groups is 2. The number of hydrogen-bond acceptors (Lipinski definition) is 5. The Bertz CT molecular complexity index is 909. The average molecular weight is 373 g/mol. The average Bonchev–Trinajstić information content (AvgIpc) is 3.15. The van der Waals surface area contributed by atoms with Crippen LogP contribution in [0.1, 0.15) is 28.2 Å². The third-order valence-corrected chi connectivity index (χ3v) is 5.04. The van der Waals surface area contributed by atoms with Crippen LogP contribution in [0.2, 0.25) is 0 Å². The normalized spacial score (nSPS) is 10.8. The SMILES string of the molecule is Cc1nn(C)c2sc(C(=O)Nc3ccc(OCCCC(=O)O)cc3)cc12. The molecule has 0 saturated heterocycles. The molecule has 2 heterocycles. The van der Waals surface area contributed by atoms with E-state index < -0.39 is 5.97 Å². The lowest BCUT2D eigenvalue weighted by Gasteiger charge is -2.07. The van der Waals surface area contributed by atoms with Crippen molar-refractivity contribution in [2.24, 2.45) is 7.05 Å². The molecule has 0 unspecified atom stereocenters. The van der Waals surface area contributed by atoms with E-state index in [1.807, 2.05) is 20.0 Å². The van der Waals surface area contributed by atoms with Gasteiger partial charge in [-0.15, -0.1) is 11.3 Å². The summed E-state index contributed by atoms with van der Waals surface area (Å²) in [6, 6.07) is 8.86. The van der Waals surface area contributed by atoms with Gasteiger partial charge in [-0.1, -0.05) is 0 Å². The van der Waals surface area contributed by atoms with E-state index in [9.17, 15) is 9.59 Å². The maximum absolute atomic E-state index is 12.4. The molecule has 2 aromatic heterocycles. The molecule has 0 saturated carbocycles. The Labute approximate surface area is 154 Å². The minimum atomic E-state index is -0.834. The highest BCUT2D eigenvalue weighted by Gasteiger charge is 2.15. The fourth-order valence-electron chi connectivity index (χ4n) is 2.56. The summed E-state index contributed by atoms with van der Waals surface area (Å²) in [6.45, 7) is 2.26. The molecule has 136 valence electrons. The number of benzene rings is 1. The van der Waals surface area contributed by atoms with Gasteiger partial charge in [0.2, 0.25) is 0 Å². The van der Waals surface area contributed by atoms with E-state index in [1.165, 1.54) is 11.3 Å². The molecule has 0 radical (unpaired) electrons. The molecule has 0 spiro atoms. The first-order valence-corrected chi connectivity index (χ1v) is 8.95. The van der Waals surface area contributed by atoms with Crippen molar-refractivity contribution in [3.8, 4) is 5.75 Å². The number of nitrogens with zero attached hydrogens (tertiary/aromatic N) is 2. The predicted molar refractivity (Wildman–Crippen MR) is 100 cm³/mol. The van der Waals surface area contributed by atoms with E-state index in [0.29, 0.717) is 29.3 Å². The Balaban J connectivity index is 1.60. The number of aromatic nitrogens is 2. The number of nitrogens with one attached hydrogen (secondary N) is 1. The Morgan fingerprint density at radius 2 is 2.04 bits per heavy atom. The summed E-state index contributed by atoms with van der Waals surface area (Å²) in [4.78, 5) is 24.5. The van der Waals surface area contributed by atoms with E-state index in [4.69, 9.17) is 9.84 Å². The van der Waals surface area contributed by atoms with Gasteiger partial charge in [0.25, 0.3) is 5.91 Å². The lowest BCUT2D eigenvalue weighted by molar-refractivity contribution is -0.137. The van der Waals surface area contributed by atoms with Gasteiger partial charge in [-0.3, -0.25) is 14.3 Å². The zero-order valence-electron chi connectivity index (χ0n) is 14.5. The monoisotopic (exact) mass is 373 g/mol. The van der Waals surface area contributed by atoms with Crippen LogP contribution in [0.3, 0.4) is 0 Å². The minimum absolute atomic E-state index is 0.0816. The summed E-state index contributed by atoms with van der Waals surface area (Å²) >= 11 is 1.41. The molecule has 26 heavy (non-hydrogen) atoms. The van der Waals surface area contributed by atoms with Crippen LogP contribution in [0.25, 0.3) is 10.2 Å². The third kappa shape index (κ3) is 4.02. The van der Waals surface area contributed by atoms with Gasteiger partial charge in [-0.05, 0) is 43.7 Å². The molecule has 0 bridgehead atoms. The highest BCUT2D eigenvalue weighted by atomic mass is 32.1. The van der Waals surface area contributed by atoms with Crippen LogP contribution in [-0.4, -0.2) is 33.4 Å². The van der Waals surface area contributed by atoms with Gasteiger partial charge < -0.3 is 15.2 Å². The van der Waals surface area contributed by atoms with Crippen LogP contribution >= 0.6 is 11.3 Å². The number of aryl methyl sites for hydroxylation is 2. The highest BCUT2D eigenvalue weighted by molar-refractivity contribution is 7.20. The minimum Gasteiger partial charge on any atom is -0.494 e. The molecular formula is C18H19N3O4S. The van der Waals surface area contributed by atoms with Gasteiger partial charge in [0.05, 0.1) is 17.2 Å². The van der Waals surface area contributed by atoms with Gasteiger partial charge in [-0.25, -0.2) is 0 Å². The molecule has 3 aromatic rings. The van der Waals surface area contributed by atoms with Gasteiger partial charge in [0.15, 0.2) is 0 Å². The first kappa shape index (κ1) is 17.9. The molecule has 0 aliphatic carbocycles. The molecular weight excluding hydrogens is 354 g/mol. The van der Waals surface area contributed by atoms with E-state index in [2.05, 4.69) is 10.4 Å². The van der Waals surface area contributed by atoms with E-state index >= 15 is 0 Å². The fraction of sp³-hybridized carbons (Fsp3) is 0.278. The molecule has 2 N–H and O–H groups in total. The molecule has 1 aromatic carbocycles. The number of fused-ring (bicyclic) bond motifs is 1. The standard InChI is InChI=1S/C18H19N3O4S/c1-11-14-10-15(26-18(14)21(2)20-11)17(24)19-12-5-7-13(8-6-12)25-9-3-4-16(22)23/h5-8,10H,3-4,9H2,1-2H3,(H,19,24)(H,22,23). The number of rotatable bonds is 7. The largest absolute Gasteiger partial charge is 0.494 e. The smallest absolute Gasteiger partial charge is 0.303 e. The Kier molecular flexibility index (Phi) is 5.22. The molecule has 0 fully saturated rings. The summed E-state index contributed by atoms with van der Waals surface area (Å²) < 4.78 is 7.25. The van der Waals surface area contributed by atoms with Crippen LogP contribution in [0.4, 0.5) is 5.69 Å². The Hall–Kier alpha value is -2.87. The number of carboxylic acid groups (broad SMARTS) is 1. The second-order valence-electron chi connectivity index (χ2n) is 5.86. The van der Waals surface area contributed by atoms with Crippen molar-refractivity contribution in [1.82, 2.24) is 9.78 Å². The molecule has 0 aliphatic heterocycles. The van der Waals surface area contributed by atoms with E-state index in [1.54, 1.807) is 28.9 Å². The van der Waals surface area contributed by atoms with E-state index in [-0.39, 0.29) is 12.3 Å². The Morgan fingerprint density at radius 1 is 1.31 bits per heavy atom. The van der Waals surface area contributed by atoms with Crippen molar-refractivity contribution in [3.05, 3.63) is 40.9 Å². The van der Waals surface area contributed by atoms with Crippen LogP contribution in [0.5, 0.6) is 5.75 Å². The van der Waals surface area contributed by atoms with Crippen LogP contribution in [0, 0.1) is 6.92 Å². The summed E-state index contributed by atoms with van der Waals surface area (Å²) in [5, 5.41) is 16.8. The highest BCUT2D eigenvalue weighted by Crippen LogP contribution is 2.28. The summed E-state index contributed by atoms with van der Waals surface area (Å²) in [5.41, 5.74) is 1.57. The summed E-state index contributed by atoms with van der Waals surface area (Å²) in [5.74, 6) is -0.364. The fourth-order valence-corrected chi connectivity index (χ4v) is 3.58. The molecule has 0 aliphatic rings. The van der Waals surface area contributed by atoms with Crippen molar-refractivity contribution in [2.45, 2.75) is 19.8 Å². The number of carbonyl (C=O) groups excluding carboxylic acids is 1. The van der Waals surface area contributed by atoms with Crippen molar-refractivity contribution < 1.29 is 19.4 Å². The van der Waals surface area contributed by atoms with Crippen molar-refractivity contribution in [2.75, 3.05) is 11.9 Å². The number of anilines is 1. The quantitative estimate of drug-likeness (QED) is 0.619. The predicted octanol–water partition coefficient (Wildman–Crippen LogP) is 3.44. The van der Waals surface area contributed by atoms with Gasteiger partial charge in [0.1, 0.15) is 10.6 Å². The molecule has 1 amide bonds. The van der Waals surface area contributed by atoms with Crippen LogP contribution in [0.15, 0.2) is 30.3 Å². The first-order valence-electron chi connectivity index (χ1n) is 8.13. The van der Waals surface area contributed by atoms with Crippen LogP contribution in [-0.2, 0) is 11.8 Å². The van der Waals surface area contributed by atoms with Crippen molar-refractivity contribution in [1.29, 1.82) is 0 Å². The molecule has 8 heteroatoms. The maximum atomic E-state index is 12.4.